The van der Waals surface area contributed by atoms with Gasteiger partial charge in [-0.2, -0.15) is 4.98 Å². The Bertz CT molecular complexity index is 2590. The molecule has 3 aromatic heterocycles. The number of hydrogen-bond acceptors (Lipinski definition) is 9. The van der Waals surface area contributed by atoms with Gasteiger partial charge in [0.25, 0.3) is 5.89 Å². The van der Waals surface area contributed by atoms with Crippen molar-refractivity contribution in [2.75, 3.05) is 5.32 Å². The van der Waals surface area contributed by atoms with Gasteiger partial charge in [-0.15, -0.1) is 0 Å². The fourth-order valence-corrected chi connectivity index (χ4v) is 9.30. The third-order valence-electron chi connectivity index (χ3n) is 11.4. The number of nitrogens with one attached hydrogen (secondary N) is 3. The van der Waals surface area contributed by atoms with Gasteiger partial charge in [-0.3, -0.25) is 9.59 Å². The number of aliphatic hydroxyl groups is 1. The molecule has 1 spiro atoms. The summed E-state index contributed by atoms with van der Waals surface area (Å²) in [7, 11) is 0. The molecule has 11 nitrogen and oxygen atoms in total. The van der Waals surface area contributed by atoms with Crippen LogP contribution in [0.2, 0.25) is 10.3 Å². The number of oxazole rings is 2. The number of ketones is 1. The molecule has 0 aliphatic carbocycles. The van der Waals surface area contributed by atoms with E-state index in [0.717, 1.165) is 44.4 Å². The minimum Gasteiger partial charge on any atom is -0.469 e. The van der Waals surface area contributed by atoms with E-state index in [9.17, 15) is 14.7 Å². The number of rotatable bonds is 5. The molecule has 10 bridgehead atoms. The lowest BCUT2D eigenvalue weighted by Gasteiger charge is -2.28. The van der Waals surface area contributed by atoms with Crippen molar-refractivity contribution in [2.24, 2.45) is 17.8 Å². The van der Waals surface area contributed by atoms with Gasteiger partial charge in [0, 0.05) is 45.6 Å². The second-order valence-electron chi connectivity index (χ2n) is 15.4. The zero-order valence-corrected chi connectivity index (χ0v) is 31.2. The van der Waals surface area contributed by atoms with E-state index in [1.54, 1.807) is 13.8 Å². The third kappa shape index (κ3) is 4.52. The molecule has 54 heavy (non-hydrogen) atoms. The zero-order valence-electron chi connectivity index (χ0n) is 29.7. The molecule has 3 aromatic carbocycles. The van der Waals surface area contributed by atoms with Gasteiger partial charge in [-0.25, -0.2) is 4.98 Å². The number of carbonyl (C=O) groups is 2. The number of aliphatic hydroxyl groups excluding tert-OH is 1. The summed E-state index contributed by atoms with van der Waals surface area (Å²) in [6, 6.07) is 17.2. The lowest BCUT2D eigenvalue weighted by molar-refractivity contribution is -0.135. The molecule has 0 saturated carbocycles. The number of benzene rings is 3. The maximum absolute atomic E-state index is 14.3. The van der Waals surface area contributed by atoms with Crippen LogP contribution in [-0.2, 0) is 21.4 Å². The van der Waals surface area contributed by atoms with E-state index in [4.69, 9.17) is 46.7 Å². The van der Waals surface area contributed by atoms with E-state index < -0.39 is 29.7 Å². The Morgan fingerprint density at radius 1 is 1.00 bits per heavy atom. The van der Waals surface area contributed by atoms with Crippen molar-refractivity contribution in [2.45, 2.75) is 64.3 Å². The first-order valence-corrected chi connectivity index (χ1v) is 18.9. The molecular weight excluding hydrogens is 729 g/mol. The third-order valence-corrected chi connectivity index (χ3v) is 12.0. The average molecular weight is 765 g/mol. The Morgan fingerprint density at radius 2 is 1.80 bits per heavy atom. The van der Waals surface area contributed by atoms with Crippen molar-refractivity contribution in [3.8, 4) is 39.8 Å². The number of H-pyrrole nitrogens is 1. The molecule has 10 rings (SSSR count). The summed E-state index contributed by atoms with van der Waals surface area (Å²) < 4.78 is 20.4. The van der Waals surface area contributed by atoms with Crippen molar-refractivity contribution in [3.05, 3.63) is 93.2 Å². The van der Waals surface area contributed by atoms with E-state index in [2.05, 4.69) is 27.8 Å². The number of anilines is 1. The number of aromatic amines is 1. The van der Waals surface area contributed by atoms with Crippen LogP contribution in [0.15, 0.2) is 63.4 Å². The molecule has 4 aliphatic rings. The molecule has 4 N–H and O–H groups in total. The van der Waals surface area contributed by atoms with Crippen LogP contribution < -0.4 is 15.4 Å². The molecule has 13 heteroatoms. The normalized spacial score (nSPS) is 22.3. The smallest absolute Gasteiger partial charge is 0.250 e. The van der Waals surface area contributed by atoms with Crippen molar-refractivity contribution in [1.29, 1.82) is 0 Å². The number of halogens is 2. The van der Waals surface area contributed by atoms with Crippen LogP contribution in [0.3, 0.4) is 0 Å². The standard InChI is InChI=1S/C41H35Cl2N5O6/c1-16(2)29-38-46-31-34(54-38)41-22-9-5-8-21(20-7-6-10-24-27(20)28(35(42)44-24)33-36(43)48-39(31)53-33)30(22)47-40(41)52-26-12-11-18(14-23(26)41)13-19(37(51)45-29)15-25(49)32(50)17(3)4/h5-12,14,16-17,19,29,32,40,44,47,50H,13,15H2,1-4H3,(H,45,51)/t19?,29-,32-,40-,41?/m0/s1. The second kappa shape index (κ2) is 11.7. The van der Waals surface area contributed by atoms with Gasteiger partial charge >= 0.3 is 0 Å². The lowest BCUT2D eigenvalue weighted by atomic mass is 9.72. The first-order chi connectivity index (χ1) is 25.9. The molecule has 7 heterocycles. The predicted molar refractivity (Wildman–Crippen MR) is 202 cm³/mol. The number of amides is 1. The molecular formula is C41H35Cl2N5O6. The van der Waals surface area contributed by atoms with E-state index >= 15 is 0 Å². The SMILES string of the molecule is CC(C)[C@H](O)C(=O)CC1Cc2ccc3c(c2)C24c5cccc(c5N[C@H]2O3)-c2cccc3[nH]c(Cl)c(c23)-c2oc(nc2Cl)-c2nc(oc24)[C@H](C(C)C)NC1=O. The highest BCUT2D eigenvalue weighted by atomic mass is 35.5. The fraction of sp³-hybridized carbons (Fsp3) is 0.317. The maximum Gasteiger partial charge on any atom is 0.250 e. The monoisotopic (exact) mass is 763 g/mol. The highest BCUT2D eigenvalue weighted by Gasteiger charge is 2.61. The van der Waals surface area contributed by atoms with E-state index in [1.165, 1.54) is 0 Å². The van der Waals surface area contributed by atoms with E-state index in [1.807, 2.05) is 56.3 Å². The number of fused-ring (bicyclic) bond motifs is 7. The Kier molecular flexibility index (Phi) is 7.25. The molecule has 0 fully saturated rings. The summed E-state index contributed by atoms with van der Waals surface area (Å²) in [6.45, 7) is 7.48. The fourth-order valence-electron chi connectivity index (χ4n) is 8.81. The van der Waals surface area contributed by atoms with Gasteiger partial charge in [0.05, 0.1) is 5.56 Å². The summed E-state index contributed by atoms with van der Waals surface area (Å²) in [5.74, 6) is -0.343. The molecule has 1 amide bonds. The van der Waals surface area contributed by atoms with Crippen LogP contribution in [-0.4, -0.2) is 44.1 Å². The number of hydrogen-bond donors (Lipinski definition) is 4. The molecule has 274 valence electrons. The number of Topliss-reactive ketones (excluding diaryl/α,β-unsaturated/α-hetero) is 1. The largest absolute Gasteiger partial charge is 0.469 e. The van der Waals surface area contributed by atoms with Gasteiger partial charge in [-0.05, 0) is 41.5 Å². The predicted octanol–water partition coefficient (Wildman–Crippen LogP) is 8.21. The quantitative estimate of drug-likeness (QED) is 0.136. The summed E-state index contributed by atoms with van der Waals surface area (Å²) in [4.78, 5) is 40.7. The van der Waals surface area contributed by atoms with Gasteiger partial charge < -0.3 is 34.3 Å². The average Bonchev–Trinajstić information content (AvgIpc) is 3.94. The van der Waals surface area contributed by atoms with E-state index in [0.29, 0.717) is 27.9 Å². The maximum atomic E-state index is 14.3. The highest BCUT2D eigenvalue weighted by molar-refractivity contribution is 6.37. The summed E-state index contributed by atoms with van der Waals surface area (Å²) in [6.07, 6.45) is -1.77. The number of aromatic nitrogens is 3. The van der Waals surface area contributed by atoms with Crippen molar-refractivity contribution in [1.82, 2.24) is 20.3 Å². The molecule has 5 atom stereocenters. The Hall–Kier alpha value is -5.10. The number of ether oxygens (including phenoxy) is 1. The van der Waals surface area contributed by atoms with Crippen molar-refractivity contribution < 1.29 is 28.3 Å². The van der Waals surface area contributed by atoms with Crippen LogP contribution in [0.5, 0.6) is 5.75 Å². The van der Waals surface area contributed by atoms with Gasteiger partial charge in [0.1, 0.15) is 28.5 Å². The van der Waals surface area contributed by atoms with Crippen LogP contribution in [0.4, 0.5) is 5.69 Å². The van der Waals surface area contributed by atoms with Crippen LogP contribution in [0.25, 0.3) is 44.9 Å². The summed E-state index contributed by atoms with van der Waals surface area (Å²) >= 11 is 13.9. The molecule has 0 saturated heterocycles. The first kappa shape index (κ1) is 33.5. The minimum absolute atomic E-state index is 0.0955. The van der Waals surface area contributed by atoms with Gasteiger partial charge in [-0.1, -0.05) is 93.4 Å². The molecule has 6 aromatic rings. The van der Waals surface area contributed by atoms with Crippen molar-refractivity contribution >= 4 is 51.5 Å². The summed E-state index contributed by atoms with van der Waals surface area (Å²) in [5, 5.41) is 18.8. The number of para-hydroxylation sites is 1. The first-order valence-electron chi connectivity index (χ1n) is 18.2. The number of nitrogens with zero attached hydrogens (tertiary/aromatic N) is 2. The Labute approximate surface area is 319 Å². The summed E-state index contributed by atoms with van der Waals surface area (Å²) in [5.41, 5.74) is 5.68. The molecule has 0 radical (unpaired) electrons. The van der Waals surface area contributed by atoms with Crippen LogP contribution >= 0.6 is 23.2 Å². The topological polar surface area (TPSA) is 156 Å². The van der Waals surface area contributed by atoms with E-state index in [-0.39, 0.29) is 59.1 Å². The zero-order chi connectivity index (χ0) is 37.4. The van der Waals surface area contributed by atoms with Gasteiger partial charge in [0.15, 0.2) is 34.4 Å². The minimum atomic E-state index is -1.19. The highest BCUT2D eigenvalue weighted by Crippen LogP contribution is 2.62. The van der Waals surface area contributed by atoms with Gasteiger partial charge in [0.2, 0.25) is 11.8 Å². The second-order valence-corrected chi connectivity index (χ2v) is 16.1. The van der Waals surface area contributed by atoms with Crippen LogP contribution in [0, 0.1) is 17.8 Å². The molecule has 2 unspecified atom stereocenters. The van der Waals surface area contributed by atoms with Crippen LogP contribution in [0.1, 0.15) is 68.5 Å². The lowest BCUT2D eigenvalue weighted by Crippen LogP contribution is -2.41. The molecule has 4 aliphatic heterocycles. The Morgan fingerprint density at radius 3 is 2.59 bits per heavy atom. The number of carbonyl (C=O) groups excluding carboxylic acids is 2. The van der Waals surface area contributed by atoms with Crippen molar-refractivity contribution in [3.63, 3.8) is 0 Å². The Balaban J connectivity index is 1.30.